The van der Waals surface area contributed by atoms with Gasteiger partial charge in [0, 0.05) is 32.8 Å². The van der Waals surface area contributed by atoms with E-state index in [1.54, 1.807) is 21.9 Å². The average Bonchev–Trinajstić information content (AvgIpc) is 3.20. The van der Waals surface area contributed by atoms with E-state index in [1.807, 2.05) is 19.1 Å². The molecule has 0 saturated carbocycles. The van der Waals surface area contributed by atoms with Crippen molar-refractivity contribution in [1.29, 1.82) is 0 Å². The van der Waals surface area contributed by atoms with Crippen LogP contribution < -0.4 is 4.31 Å². The monoisotopic (exact) mass is 409 g/mol. The van der Waals surface area contributed by atoms with E-state index in [9.17, 15) is 18.0 Å². The highest BCUT2D eigenvalue weighted by Crippen LogP contribution is 2.22. The highest BCUT2D eigenvalue weighted by Gasteiger charge is 2.32. The summed E-state index contributed by atoms with van der Waals surface area (Å²) < 4.78 is 31.2. The number of aryl methyl sites for hydroxylation is 1. The zero-order chi connectivity index (χ0) is 20.3. The minimum Gasteiger partial charge on any atom is -0.368 e. The van der Waals surface area contributed by atoms with E-state index in [0.29, 0.717) is 38.5 Å². The Balaban J connectivity index is 1.62. The fourth-order valence-corrected chi connectivity index (χ4v) is 4.51. The number of nitrogens with zero attached hydrogens (tertiary/aromatic N) is 3. The number of anilines is 1. The van der Waals surface area contributed by atoms with E-state index in [1.165, 1.54) is 0 Å². The number of carbonyl (C=O) groups excluding carboxylic acids is 2. The van der Waals surface area contributed by atoms with Crippen LogP contribution in [0, 0.1) is 6.92 Å². The maximum atomic E-state index is 12.8. The molecular weight excluding hydrogens is 382 g/mol. The molecule has 1 atom stereocenters. The fraction of sp³-hybridized carbons (Fsp3) is 0.579. The van der Waals surface area contributed by atoms with Gasteiger partial charge in [-0.2, -0.15) is 0 Å². The highest BCUT2D eigenvalue weighted by atomic mass is 32.2. The fourth-order valence-electron chi connectivity index (χ4n) is 3.60. The second-order valence-electron chi connectivity index (χ2n) is 7.26. The van der Waals surface area contributed by atoms with Crippen molar-refractivity contribution in [1.82, 2.24) is 9.80 Å². The molecule has 1 aromatic rings. The van der Waals surface area contributed by atoms with Crippen LogP contribution in [0.3, 0.4) is 0 Å². The molecule has 2 fully saturated rings. The van der Waals surface area contributed by atoms with Crippen molar-refractivity contribution in [2.75, 3.05) is 49.9 Å². The molecule has 8 nitrogen and oxygen atoms in total. The van der Waals surface area contributed by atoms with E-state index in [0.717, 1.165) is 29.0 Å². The van der Waals surface area contributed by atoms with Gasteiger partial charge >= 0.3 is 0 Å². The summed E-state index contributed by atoms with van der Waals surface area (Å²) in [5.41, 5.74) is 1.29. The lowest BCUT2D eigenvalue weighted by molar-refractivity contribution is -0.145. The Morgan fingerprint density at radius 2 is 1.79 bits per heavy atom. The van der Waals surface area contributed by atoms with Crippen molar-refractivity contribution in [3.8, 4) is 0 Å². The molecule has 1 aromatic carbocycles. The van der Waals surface area contributed by atoms with E-state index >= 15 is 0 Å². The molecule has 0 N–H and O–H groups in total. The molecule has 3 rings (SSSR count). The predicted molar refractivity (Wildman–Crippen MR) is 106 cm³/mol. The third kappa shape index (κ3) is 4.64. The largest absolute Gasteiger partial charge is 0.368 e. The molecule has 9 heteroatoms. The van der Waals surface area contributed by atoms with Gasteiger partial charge in [0.15, 0.2) is 0 Å². The lowest BCUT2D eigenvalue weighted by Gasteiger charge is -2.36. The number of piperazine rings is 1. The second kappa shape index (κ2) is 8.48. The number of sulfonamides is 1. The Morgan fingerprint density at radius 3 is 2.36 bits per heavy atom. The number of hydrogen-bond donors (Lipinski definition) is 0. The van der Waals surface area contributed by atoms with Crippen LogP contribution in [0.1, 0.15) is 18.4 Å². The number of hydrogen-bond acceptors (Lipinski definition) is 5. The third-order valence-electron chi connectivity index (χ3n) is 5.21. The van der Waals surface area contributed by atoms with Crippen molar-refractivity contribution < 1.29 is 22.7 Å². The van der Waals surface area contributed by atoms with Crippen LogP contribution in [0.5, 0.6) is 0 Å². The smallest absolute Gasteiger partial charge is 0.251 e. The van der Waals surface area contributed by atoms with Crippen molar-refractivity contribution in [3.63, 3.8) is 0 Å². The van der Waals surface area contributed by atoms with Crippen LogP contribution in [-0.2, 0) is 24.3 Å². The molecule has 1 unspecified atom stereocenters. The van der Waals surface area contributed by atoms with Gasteiger partial charge in [0.05, 0.1) is 11.9 Å². The molecule has 0 aliphatic carbocycles. The normalized spacial score (nSPS) is 20.3. The maximum absolute atomic E-state index is 12.8. The lowest BCUT2D eigenvalue weighted by Crippen LogP contribution is -2.54. The maximum Gasteiger partial charge on any atom is 0.251 e. The van der Waals surface area contributed by atoms with Gasteiger partial charge in [0.1, 0.15) is 12.6 Å². The molecule has 2 aliphatic heterocycles. The van der Waals surface area contributed by atoms with E-state index in [4.69, 9.17) is 4.74 Å². The van der Waals surface area contributed by atoms with Gasteiger partial charge < -0.3 is 14.5 Å². The Bertz CT molecular complexity index is 828. The first-order valence-electron chi connectivity index (χ1n) is 9.49. The van der Waals surface area contributed by atoms with Crippen LogP contribution >= 0.6 is 0 Å². The standard InChI is InChI=1S/C19H27N3O5S/c1-15-6-3-4-7-16(15)22(28(2,25)26)14-18(23)20-9-11-21(12-10-20)19(24)17-8-5-13-27-17/h3-4,6-7,17H,5,8-14H2,1-2H3. The molecule has 28 heavy (non-hydrogen) atoms. The van der Waals surface area contributed by atoms with Crippen LogP contribution in [0.4, 0.5) is 5.69 Å². The van der Waals surface area contributed by atoms with Crippen molar-refractivity contribution in [2.45, 2.75) is 25.9 Å². The van der Waals surface area contributed by atoms with Crippen LogP contribution in [0.15, 0.2) is 24.3 Å². The van der Waals surface area contributed by atoms with Crippen molar-refractivity contribution in [2.24, 2.45) is 0 Å². The van der Waals surface area contributed by atoms with E-state index < -0.39 is 10.0 Å². The molecule has 2 amide bonds. The first-order chi connectivity index (χ1) is 13.3. The zero-order valence-corrected chi connectivity index (χ0v) is 17.2. The van der Waals surface area contributed by atoms with Crippen molar-refractivity contribution in [3.05, 3.63) is 29.8 Å². The Morgan fingerprint density at radius 1 is 1.14 bits per heavy atom. The first kappa shape index (κ1) is 20.6. The lowest BCUT2D eigenvalue weighted by atomic mass is 10.2. The molecule has 0 spiro atoms. The van der Waals surface area contributed by atoms with Gasteiger partial charge in [-0.25, -0.2) is 8.42 Å². The second-order valence-corrected chi connectivity index (χ2v) is 9.17. The van der Waals surface area contributed by atoms with Gasteiger partial charge in [-0.3, -0.25) is 13.9 Å². The number of amides is 2. The molecule has 0 bridgehead atoms. The van der Waals surface area contributed by atoms with Crippen molar-refractivity contribution >= 4 is 27.5 Å². The van der Waals surface area contributed by atoms with Gasteiger partial charge in [-0.05, 0) is 31.4 Å². The number of rotatable bonds is 5. The Hall–Kier alpha value is -2.13. The molecular formula is C19H27N3O5S. The van der Waals surface area contributed by atoms with Gasteiger partial charge in [0.25, 0.3) is 5.91 Å². The molecule has 0 radical (unpaired) electrons. The highest BCUT2D eigenvalue weighted by molar-refractivity contribution is 7.92. The molecule has 0 aromatic heterocycles. The summed E-state index contributed by atoms with van der Waals surface area (Å²) >= 11 is 0. The van der Waals surface area contributed by atoms with Crippen LogP contribution in [-0.4, -0.2) is 81.7 Å². The molecule has 154 valence electrons. The van der Waals surface area contributed by atoms with Gasteiger partial charge in [-0.1, -0.05) is 18.2 Å². The minimum atomic E-state index is -3.60. The molecule has 2 heterocycles. The summed E-state index contributed by atoms with van der Waals surface area (Å²) in [5, 5.41) is 0. The van der Waals surface area contributed by atoms with Crippen LogP contribution in [0.2, 0.25) is 0 Å². The van der Waals surface area contributed by atoms with Gasteiger partial charge in [-0.15, -0.1) is 0 Å². The number of ether oxygens (including phenoxy) is 1. The molecule has 2 aliphatic rings. The first-order valence-corrected chi connectivity index (χ1v) is 11.3. The Labute approximate surface area is 166 Å². The summed E-state index contributed by atoms with van der Waals surface area (Å²) in [5.74, 6) is -0.278. The summed E-state index contributed by atoms with van der Waals surface area (Å²) in [6.07, 6.45) is 2.39. The van der Waals surface area contributed by atoms with Crippen LogP contribution in [0.25, 0.3) is 0 Å². The summed E-state index contributed by atoms with van der Waals surface area (Å²) in [4.78, 5) is 28.5. The number of carbonyl (C=O) groups is 2. The number of benzene rings is 1. The summed E-state index contributed by atoms with van der Waals surface area (Å²) in [6, 6.07) is 7.08. The summed E-state index contributed by atoms with van der Waals surface area (Å²) in [6.45, 7) is 3.85. The Kier molecular flexibility index (Phi) is 6.24. The quantitative estimate of drug-likeness (QED) is 0.711. The number of para-hydroxylation sites is 1. The predicted octanol–water partition coefficient (Wildman–Crippen LogP) is 0.611. The SMILES string of the molecule is Cc1ccccc1N(CC(=O)N1CCN(C(=O)C2CCCO2)CC1)S(C)(=O)=O. The topological polar surface area (TPSA) is 87.2 Å². The minimum absolute atomic E-state index is 0.0118. The average molecular weight is 410 g/mol. The van der Waals surface area contributed by atoms with Gasteiger partial charge in [0.2, 0.25) is 15.9 Å². The zero-order valence-electron chi connectivity index (χ0n) is 16.3. The summed E-state index contributed by atoms with van der Waals surface area (Å²) in [7, 11) is -3.60. The van der Waals surface area contributed by atoms with E-state index in [-0.39, 0.29) is 24.5 Å². The molecule has 2 saturated heterocycles. The third-order valence-corrected chi connectivity index (χ3v) is 6.34. The van der Waals surface area contributed by atoms with E-state index in [2.05, 4.69) is 0 Å².